The summed E-state index contributed by atoms with van der Waals surface area (Å²) < 4.78 is 10.7. The van der Waals surface area contributed by atoms with Crippen LogP contribution in [0.15, 0.2) is 11.5 Å². The lowest BCUT2D eigenvalue weighted by atomic mass is 10.3. The Morgan fingerprint density at radius 1 is 1.19 bits per heavy atom. The van der Waals surface area contributed by atoms with Gasteiger partial charge in [-0.25, -0.2) is 4.79 Å². The predicted molar refractivity (Wildman–Crippen MR) is 57.0 cm³/mol. The first kappa shape index (κ1) is 13.0. The molecule has 0 bridgehead atoms. The number of nitrogens with zero attached hydrogens (tertiary/aromatic N) is 2. The Labute approximate surface area is 93.1 Å². The van der Waals surface area contributed by atoms with E-state index in [0.717, 1.165) is 5.82 Å². The first-order valence-electron chi connectivity index (χ1n) is 4.77. The van der Waals surface area contributed by atoms with Crippen molar-refractivity contribution in [3.8, 4) is 0 Å². The van der Waals surface area contributed by atoms with Gasteiger partial charge in [-0.3, -0.25) is 4.57 Å². The van der Waals surface area contributed by atoms with Crippen LogP contribution in [0.3, 0.4) is 0 Å². The van der Waals surface area contributed by atoms with Crippen LogP contribution >= 0.6 is 7.60 Å². The molecule has 0 atom stereocenters. The smallest absolute Gasteiger partial charge is 0.407 e. The highest BCUT2D eigenvalue weighted by molar-refractivity contribution is 7.55. The van der Waals surface area contributed by atoms with Crippen molar-refractivity contribution in [2.24, 2.45) is 0 Å². The van der Waals surface area contributed by atoms with Crippen molar-refractivity contribution in [1.29, 1.82) is 0 Å². The lowest BCUT2D eigenvalue weighted by Crippen LogP contribution is -2.47. The van der Waals surface area contributed by atoms with E-state index < -0.39 is 13.7 Å². The second-order valence-corrected chi connectivity index (χ2v) is 5.05. The third-order valence-corrected chi connectivity index (χ3v) is 3.11. The summed E-state index contributed by atoms with van der Waals surface area (Å²) in [4.78, 5) is 31.2. The Kier molecular flexibility index (Phi) is 3.96. The molecule has 0 aliphatic carbocycles. The van der Waals surface area contributed by atoms with E-state index in [4.69, 9.17) is 14.9 Å². The molecule has 1 saturated heterocycles. The number of allylic oxidation sites excluding steroid dienone is 1. The maximum Gasteiger partial charge on any atom is 0.407 e. The molecule has 7 nitrogen and oxygen atoms in total. The normalized spacial score (nSPS) is 18.8. The molecule has 16 heavy (non-hydrogen) atoms. The highest BCUT2D eigenvalue weighted by Gasteiger charge is 2.21. The van der Waals surface area contributed by atoms with Gasteiger partial charge in [0.05, 0.1) is 0 Å². The summed E-state index contributed by atoms with van der Waals surface area (Å²) in [6.07, 6.45) is -0.962. The minimum Gasteiger partial charge on any atom is -0.465 e. The van der Waals surface area contributed by atoms with E-state index in [0.29, 0.717) is 31.9 Å². The third-order valence-electron chi connectivity index (χ3n) is 2.40. The van der Waals surface area contributed by atoms with E-state index in [-0.39, 0.29) is 0 Å². The van der Waals surface area contributed by atoms with Gasteiger partial charge in [0.1, 0.15) is 0 Å². The van der Waals surface area contributed by atoms with E-state index in [1.54, 1.807) is 11.8 Å². The van der Waals surface area contributed by atoms with Gasteiger partial charge in [0.2, 0.25) is 0 Å². The van der Waals surface area contributed by atoms with Crippen LogP contribution in [0.1, 0.15) is 6.92 Å². The molecule has 1 aliphatic rings. The number of amides is 1. The summed E-state index contributed by atoms with van der Waals surface area (Å²) in [5.41, 5.74) is 0.485. The predicted octanol–water partition coefficient (Wildman–Crippen LogP) is 0.321. The van der Waals surface area contributed by atoms with Crippen LogP contribution in [0.25, 0.3) is 0 Å². The van der Waals surface area contributed by atoms with Crippen molar-refractivity contribution in [1.82, 2.24) is 9.80 Å². The van der Waals surface area contributed by atoms with Gasteiger partial charge in [0.25, 0.3) is 0 Å². The Morgan fingerprint density at radius 3 is 2.00 bits per heavy atom. The van der Waals surface area contributed by atoms with Crippen molar-refractivity contribution in [3.05, 3.63) is 11.5 Å². The van der Waals surface area contributed by atoms with Crippen LogP contribution in [0.5, 0.6) is 0 Å². The summed E-state index contributed by atoms with van der Waals surface area (Å²) in [6, 6.07) is 0. The zero-order chi connectivity index (χ0) is 12.3. The molecule has 1 heterocycles. The molecule has 3 N–H and O–H groups in total. The average Bonchev–Trinajstić information content (AvgIpc) is 2.15. The molecule has 1 rings (SSSR count). The molecule has 0 unspecified atom stereocenters. The fraction of sp³-hybridized carbons (Fsp3) is 0.625. The molecule has 0 radical (unpaired) electrons. The zero-order valence-electron chi connectivity index (χ0n) is 8.91. The summed E-state index contributed by atoms with van der Waals surface area (Å²) in [7, 11) is -4.16. The second kappa shape index (κ2) is 4.86. The van der Waals surface area contributed by atoms with Gasteiger partial charge in [0, 0.05) is 37.7 Å². The largest absolute Gasteiger partial charge is 0.465 e. The van der Waals surface area contributed by atoms with Gasteiger partial charge < -0.3 is 24.7 Å². The fourth-order valence-electron chi connectivity index (χ4n) is 1.58. The molecule has 0 aromatic rings. The van der Waals surface area contributed by atoms with E-state index >= 15 is 0 Å². The molecule has 0 aromatic heterocycles. The SMILES string of the molecule is CC(=CP(=O)(O)O)N1CCN(C(=O)O)CC1. The second-order valence-electron chi connectivity index (χ2n) is 3.62. The minimum atomic E-state index is -4.16. The minimum absolute atomic E-state index is 0.349. The average molecular weight is 250 g/mol. The van der Waals surface area contributed by atoms with E-state index in [9.17, 15) is 9.36 Å². The summed E-state index contributed by atoms with van der Waals surface area (Å²) in [5, 5.41) is 8.72. The zero-order valence-corrected chi connectivity index (χ0v) is 9.80. The van der Waals surface area contributed by atoms with Gasteiger partial charge in [-0.2, -0.15) is 0 Å². The van der Waals surface area contributed by atoms with Crippen LogP contribution in [0.4, 0.5) is 4.79 Å². The highest BCUT2D eigenvalue weighted by Crippen LogP contribution is 2.38. The molecule has 8 heteroatoms. The first-order valence-corrected chi connectivity index (χ1v) is 6.45. The molecular formula is C8H15N2O5P. The van der Waals surface area contributed by atoms with Crippen LogP contribution in [-0.2, 0) is 4.57 Å². The van der Waals surface area contributed by atoms with Crippen molar-refractivity contribution >= 4 is 13.7 Å². The van der Waals surface area contributed by atoms with Crippen molar-refractivity contribution in [3.63, 3.8) is 0 Å². The van der Waals surface area contributed by atoms with Crippen molar-refractivity contribution in [2.75, 3.05) is 26.2 Å². The van der Waals surface area contributed by atoms with Crippen molar-refractivity contribution < 1.29 is 24.3 Å². The van der Waals surface area contributed by atoms with Gasteiger partial charge in [-0.1, -0.05) is 0 Å². The van der Waals surface area contributed by atoms with Gasteiger partial charge in [0.15, 0.2) is 0 Å². The Bertz CT molecular complexity index is 342. The molecule has 0 spiro atoms. The number of hydrogen-bond donors (Lipinski definition) is 3. The van der Waals surface area contributed by atoms with E-state index in [2.05, 4.69) is 0 Å². The lowest BCUT2D eigenvalue weighted by Gasteiger charge is -2.35. The maximum absolute atomic E-state index is 10.7. The number of rotatable bonds is 2. The molecule has 0 saturated carbocycles. The first-order chi connectivity index (χ1) is 7.29. The van der Waals surface area contributed by atoms with Crippen LogP contribution in [-0.4, -0.2) is 57.0 Å². The quantitative estimate of drug-likeness (QED) is 0.610. The van der Waals surface area contributed by atoms with E-state index in [1.807, 2.05) is 0 Å². The van der Waals surface area contributed by atoms with Gasteiger partial charge in [-0.15, -0.1) is 0 Å². The Morgan fingerprint density at radius 2 is 1.62 bits per heavy atom. The molecule has 0 aromatic carbocycles. The lowest BCUT2D eigenvalue weighted by molar-refractivity contribution is 0.116. The summed E-state index contributed by atoms with van der Waals surface area (Å²) in [5.74, 6) is 0.906. The molecule has 1 amide bonds. The van der Waals surface area contributed by atoms with E-state index in [1.165, 1.54) is 4.90 Å². The molecular weight excluding hydrogens is 235 g/mol. The maximum atomic E-state index is 10.7. The van der Waals surface area contributed by atoms with Gasteiger partial charge in [-0.05, 0) is 6.92 Å². The highest BCUT2D eigenvalue weighted by atomic mass is 31.2. The topological polar surface area (TPSA) is 101 Å². The molecule has 1 fully saturated rings. The van der Waals surface area contributed by atoms with Crippen LogP contribution in [0.2, 0.25) is 0 Å². The third kappa shape index (κ3) is 3.84. The Balaban J connectivity index is 2.57. The number of hydrogen-bond acceptors (Lipinski definition) is 3. The van der Waals surface area contributed by atoms with Gasteiger partial charge >= 0.3 is 13.7 Å². The molecule has 1 aliphatic heterocycles. The van der Waals surface area contributed by atoms with Crippen LogP contribution < -0.4 is 0 Å². The Hall–Kier alpha value is -1.04. The van der Waals surface area contributed by atoms with Crippen molar-refractivity contribution in [2.45, 2.75) is 6.92 Å². The number of carboxylic acid groups (broad SMARTS) is 1. The summed E-state index contributed by atoms with van der Waals surface area (Å²) >= 11 is 0. The number of carbonyl (C=O) groups is 1. The monoisotopic (exact) mass is 250 g/mol. The fourth-order valence-corrected chi connectivity index (χ4v) is 2.23. The van der Waals surface area contributed by atoms with Crippen LogP contribution in [0, 0.1) is 0 Å². The molecule has 92 valence electrons. The summed E-state index contributed by atoms with van der Waals surface area (Å²) in [6.45, 7) is 3.21. The number of piperazine rings is 1. The standard InChI is InChI=1S/C8H15N2O5P/c1-7(6-16(13,14)15)9-2-4-10(5-3-9)8(11)12/h6H,2-5H2,1H3,(H,11,12)(H2,13,14,15).